The van der Waals surface area contributed by atoms with E-state index in [0.717, 1.165) is 25.2 Å². The van der Waals surface area contributed by atoms with Crippen LogP contribution < -0.4 is 0 Å². The number of piperidine rings is 1. The second kappa shape index (κ2) is 4.53. The fraction of sp³-hybridized carbons (Fsp3) is 0.500. The Kier molecular flexibility index (Phi) is 3.11. The second-order valence-corrected chi connectivity index (χ2v) is 4.12. The minimum Gasteiger partial charge on any atom is -0.504 e. The van der Waals surface area contributed by atoms with E-state index < -0.39 is 0 Å². The molecule has 0 unspecified atom stereocenters. The number of likely N-dealkylation sites (tertiary alicyclic amines) is 1. The molecule has 2 N–H and O–H groups in total. The van der Waals surface area contributed by atoms with E-state index in [2.05, 4.69) is 4.90 Å². The predicted octanol–water partition coefficient (Wildman–Crippen LogP) is 2.08. The van der Waals surface area contributed by atoms with Crippen LogP contribution in [-0.2, 0) is 6.54 Å². The molecule has 1 aliphatic heterocycles. The number of phenols is 2. The molecule has 1 saturated heterocycles. The van der Waals surface area contributed by atoms with Gasteiger partial charge >= 0.3 is 0 Å². The van der Waals surface area contributed by atoms with Gasteiger partial charge in [-0.2, -0.15) is 0 Å². The van der Waals surface area contributed by atoms with Crippen molar-refractivity contribution in [3.05, 3.63) is 23.8 Å². The summed E-state index contributed by atoms with van der Waals surface area (Å²) in [5.74, 6) is 0.00702. The minimum absolute atomic E-state index is 0.0236. The van der Waals surface area contributed by atoms with Crippen molar-refractivity contribution < 1.29 is 10.2 Å². The molecule has 2 rings (SSSR count). The largest absolute Gasteiger partial charge is 0.504 e. The molecule has 0 atom stereocenters. The van der Waals surface area contributed by atoms with E-state index in [0.29, 0.717) is 0 Å². The fourth-order valence-electron chi connectivity index (χ4n) is 2.06. The van der Waals surface area contributed by atoms with Crippen molar-refractivity contribution in [3.8, 4) is 11.5 Å². The fourth-order valence-corrected chi connectivity index (χ4v) is 2.06. The van der Waals surface area contributed by atoms with Gasteiger partial charge in [-0.15, -0.1) is 0 Å². The van der Waals surface area contributed by atoms with Crippen LogP contribution in [0.15, 0.2) is 18.2 Å². The molecule has 1 heterocycles. The highest BCUT2D eigenvalue weighted by atomic mass is 16.3. The van der Waals surface area contributed by atoms with E-state index in [1.807, 2.05) is 6.07 Å². The average Bonchev–Trinajstić information content (AvgIpc) is 2.26. The predicted molar refractivity (Wildman–Crippen MR) is 58.9 cm³/mol. The number of rotatable bonds is 2. The first-order valence-electron chi connectivity index (χ1n) is 5.49. The zero-order valence-corrected chi connectivity index (χ0v) is 8.82. The van der Waals surface area contributed by atoms with Gasteiger partial charge in [0, 0.05) is 12.1 Å². The van der Waals surface area contributed by atoms with Crippen LogP contribution >= 0.6 is 0 Å². The summed E-state index contributed by atoms with van der Waals surface area (Å²) in [6.45, 7) is 2.92. The second-order valence-electron chi connectivity index (χ2n) is 4.12. The van der Waals surface area contributed by atoms with Crippen molar-refractivity contribution in [2.75, 3.05) is 13.1 Å². The molecule has 15 heavy (non-hydrogen) atoms. The minimum atomic E-state index is -0.0236. The van der Waals surface area contributed by atoms with Crippen LogP contribution in [-0.4, -0.2) is 28.2 Å². The Labute approximate surface area is 90.0 Å². The molecular weight excluding hydrogens is 190 g/mol. The lowest BCUT2D eigenvalue weighted by atomic mass is 10.1. The summed E-state index contributed by atoms with van der Waals surface area (Å²) >= 11 is 0. The summed E-state index contributed by atoms with van der Waals surface area (Å²) in [5, 5.41) is 19.0. The highest BCUT2D eigenvalue weighted by Gasteiger charge is 2.13. The standard InChI is InChI=1S/C12H17NO2/c14-11-6-4-5-10(12(11)15)9-13-7-2-1-3-8-13/h4-6,14-15H,1-3,7-9H2. The lowest BCUT2D eigenvalue weighted by Gasteiger charge is -2.26. The number of hydrogen-bond acceptors (Lipinski definition) is 3. The number of benzene rings is 1. The lowest BCUT2D eigenvalue weighted by Crippen LogP contribution is -2.29. The van der Waals surface area contributed by atoms with Crippen LogP contribution in [0.5, 0.6) is 11.5 Å². The zero-order chi connectivity index (χ0) is 10.7. The SMILES string of the molecule is Oc1cccc(CN2CCCCC2)c1O. The van der Waals surface area contributed by atoms with Crippen LogP contribution in [0.1, 0.15) is 24.8 Å². The van der Waals surface area contributed by atoms with E-state index in [1.165, 1.54) is 25.3 Å². The molecule has 3 heteroatoms. The first-order valence-corrected chi connectivity index (χ1v) is 5.49. The Morgan fingerprint density at radius 1 is 1.07 bits per heavy atom. The average molecular weight is 207 g/mol. The highest BCUT2D eigenvalue weighted by Crippen LogP contribution is 2.29. The third-order valence-corrected chi connectivity index (χ3v) is 2.94. The van der Waals surface area contributed by atoms with Gasteiger partial charge in [0.15, 0.2) is 11.5 Å². The van der Waals surface area contributed by atoms with Crippen molar-refractivity contribution in [1.29, 1.82) is 0 Å². The Morgan fingerprint density at radius 2 is 1.80 bits per heavy atom. The number of hydrogen-bond donors (Lipinski definition) is 2. The van der Waals surface area contributed by atoms with Crippen LogP contribution in [0.25, 0.3) is 0 Å². The van der Waals surface area contributed by atoms with Crippen LogP contribution in [0.2, 0.25) is 0 Å². The molecule has 1 aromatic carbocycles. The first kappa shape index (κ1) is 10.3. The van der Waals surface area contributed by atoms with Gasteiger partial charge in [0.2, 0.25) is 0 Å². The molecule has 82 valence electrons. The van der Waals surface area contributed by atoms with Gasteiger partial charge in [0.25, 0.3) is 0 Å². The normalized spacial score (nSPS) is 17.9. The van der Waals surface area contributed by atoms with E-state index >= 15 is 0 Å². The summed E-state index contributed by atoms with van der Waals surface area (Å²) < 4.78 is 0. The monoisotopic (exact) mass is 207 g/mol. The number of nitrogens with zero attached hydrogens (tertiary/aromatic N) is 1. The van der Waals surface area contributed by atoms with Crippen molar-refractivity contribution in [1.82, 2.24) is 4.90 Å². The van der Waals surface area contributed by atoms with Crippen molar-refractivity contribution in [2.45, 2.75) is 25.8 Å². The molecule has 0 spiro atoms. The Morgan fingerprint density at radius 3 is 2.53 bits per heavy atom. The molecule has 0 aromatic heterocycles. The van der Waals surface area contributed by atoms with E-state index in [9.17, 15) is 10.2 Å². The highest BCUT2D eigenvalue weighted by molar-refractivity contribution is 5.44. The summed E-state index contributed by atoms with van der Waals surface area (Å²) in [4.78, 5) is 2.32. The zero-order valence-electron chi connectivity index (χ0n) is 8.82. The van der Waals surface area contributed by atoms with Gasteiger partial charge in [-0.1, -0.05) is 18.6 Å². The Bertz CT molecular complexity index is 332. The molecule has 1 aromatic rings. The van der Waals surface area contributed by atoms with Crippen LogP contribution in [0.4, 0.5) is 0 Å². The van der Waals surface area contributed by atoms with Gasteiger partial charge in [-0.05, 0) is 32.0 Å². The van der Waals surface area contributed by atoms with Crippen LogP contribution in [0, 0.1) is 0 Å². The number of para-hydroxylation sites is 1. The molecule has 1 fully saturated rings. The van der Waals surface area contributed by atoms with Gasteiger partial charge in [0.1, 0.15) is 0 Å². The maximum absolute atomic E-state index is 9.65. The quantitative estimate of drug-likeness (QED) is 0.730. The third kappa shape index (κ3) is 2.42. The van der Waals surface area contributed by atoms with Crippen molar-refractivity contribution in [3.63, 3.8) is 0 Å². The molecule has 1 aliphatic rings. The van der Waals surface area contributed by atoms with Gasteiger partial charge < -0.3 is 10.2 Å². The molecule has 0 saturated carbocycles. The summed E-state index contributed by atoms with van der Waals surface area (Å²) in [6, 6.07) is 5.15. The summed E-state index contributed by atoms with van der Waals surface area (Å²) in [5.41, 5.74) is 0.817. The number of aromatic hydroxyl groups is 2. The van der Waals surface area contributed by atoms with Crippen molar-refractivity contribution >= 4 is 0 Å². The lowest BCUT2D eigenvalue weighted by molar-refractivity contribution is 0.218. The summed E-state index contributed by atoms with van der Waals surface area (Å²) in [6.07, 6.45) is 3.78. The smallest absolute Gasteiger partial charge is 0.161 e. The van der Waals surface area contributed by atoms with Crippen molar-refractivity contribution in [2.24, 2.45) is 0 Å². The van der Waals surface area contributed by atoms with E-state index in [4.69, 9.17) is 0 Å². The Balaban J connectivity index is 2.06. The van der Waals surface area contributed by atoms with Gasteiger partial charge in [-0.3, -0.25) is 4.90 Å². The molecule has 3 nitrogen and oxygen atoms in total. The Hall–Kier alpha value is -1.22. The van der Waals surface area contributed by atoms with E-state index in [-0.39, 0.29) is 11.5 Å². The maximum Gasteiger partial charge on any atom is 0.161 e. The molecule has 0 aliphatic carbocycles. The van der Waals surface area contributed by atoms with Gasteiger partial charge in [-0.25, -0.2) is 0 Å². The molecule has 0 bridgehead atoms. The molecular formula is C12H17NO2. The molecule has 0 radical (unpaired) electrons. The topological polar surface area (TPSA) is 43.7 Å². The molecule has 0 amide bonds. The van der Waals surface area contributed by atoms with E-state index in [1.54, 1.807) is 6.07 Å². The third-order valence-electron chi connectivity index (χ3n) is 2.94. The summed E-state index contributed by atoms with van der Waals surface area (Å²) in [7, 11) is 0. The first-order chi connectivity index (χ1) is 7.27. The maximum atomic E-state index is 9.65. The van der Waals surface area contributed by atoms with Gasteiger partial charge in [0.05, 0.1) is 0 Å². The van der Waals surface area contributed by atoms with Crippen LogP contribution in [0.3, 0.4) is 0 Å². The number of phenolic OH excluding ortho intramolecular Hbond substituents is 2.